The van der Waals surface area contributed by atoms with Crippen molar-refractivity contribution in [1.29, 1.82) is 0 Å². The van der Waals surface area contributed by atoms with Crippen LogP contribution in [0.15, 0.2) is 52.9 Å². The van der Waals surface area contributed by atoms with E-state index >= 15 is 0 Å². The van der Waals surface area contributed by atoms with Crippen molar-refractivity contribution in [3.63, 3.8) is 0 Å². The van der Waals surface area contributed by atoms with Crippen LogP contribution in [0, 0.1) is 4.64 Å². The molecule has 0 aliphatic heterocycles. The van der Waals surface area contributed by atoms with Gasteiger partial charge in [0, 0.05) is 5.56 Å². The van der Waals surface area contributed by atoms with Crippen LogP contribution >= 0.6 is 12.2 Å². The molecule has 3 aromatic rings. The Morgan fingerprint density at radius 2 is 1.79 bits per heavy atom. The van der Waals surface area contributed by atoms with Crippen molar-refractivity contribution < 1.29 is 9.15 Å². The molecule has 4 heteroatoms. The minimum Gasteiger partial charge on any atom is -0.497 e. The monoisotopic (exact) mass is 269 g/mol. The highest BCUT2D eigenvalue weighted by molar-refractivity contribution is 7.71. The Balaban J connectivity index is 2.16. The van der Waals surface area contributed by atoms with Crippen molar-refractivity contribution in [1.82, 2.24) is 4.98 Å². The molecule has 0 spiro atoms. The minimum absolute atomic E-state index is 0.520. The maximum atomic E-state index is 5.78. The molecule has 0 aliphatic carbocycles. The summed E-state index contributed by atoms with van der Waals surface area (Å²) in [5, 5.41) is 0.856. The van der Waals surface area contributed by atoms with Gasteiger partial charge in [-0.1, -0.05) is 24.4 Å². The van der Waals surface area contributed by atoms with Gasteiger partial charge in [-0.2, -0.15) is 0 Å². The molecule has 3 nitrogen and oxygen atoms in total. The molecule has 94 valence electrons. The number of rotatable bonds is 2. The average Bonchev–Trinajstić information content (AvgIpc) is 2.47. The van der Waals surface area contributed by atoms with E-state index in [4.69, 9.17) is 21.4 Å². The summed E-state index contributed by atoms with van der Waals surface area (Å²) in [6.07, 6.45) is 0. The van der Waals surface area contributed by atoms with Gasteiger partial charge < -0.3 is 9.15 Å². The smallest absolute Gasteiger partial charge is 0.227 e. The van der Waals surface area contributed by atoms with E-state index in [-0.39, 0.29) is 0 Å². The quantitative estimate of drug-likeness (QED) is 0.652. The predicted octanol–water partition coefficient (Wildman–Crippen LogP) is 4.23. The second-order valence-electron chi connectivity index (χ2n) is 4.05. The first-order valence-corrected chi connectivity index (χ1v) is 6.23. The van der Waals surface area contributed by atoms with Crippen LogP contribution in [-0.4, -0.2) is 12.1 Å². The molecule has 19 heavy (non-hydrogen) atoms. The molecule has 0 unspecified atom stereocenters. The fourth-order valence-electron chi connectivity index (χ4n) is 1.87. The number of methoxy groups -OCH3 is 1. The zero-order valence-electron chi connectivity index (χ0n) is 10.3. The molecule has 2 aromatic carbocycles. The summed E-state index contributed by atoms with van der Waals surface area (Å²) in [5.41, 5.74) is 1.62. The molecule has 0 amide bonds. The normalized spacial score (nSPS) is 10.6. The van der Waals surface area contributed by atoms with Crippen molar-refractivity contribution >= 4 is 23.2 Å². The lowest BCUT2D eigenvalue weighted by atomic mass is 10.2. The average molecular weight is 269 g/mol. The van der Waals surface area contributed by atoms with Gasteiger partial charge in [-0.25, -0.2) is 4.98 Å². The number of aromatic nitrogens is 1. The van der Waals surface area contributed by atoms with E-state index in [1.54, 1.807) is 7.11 Å². The molecule has 0 fully saturated rings. The number of fused-ring (bicyclic) bond motifs is 1. The molecule has 0 N–H and O–H groups in total. The standard InChI is InChI=1S/C15H11NO2S/c1-17-11-8-6-10(7-9-11)14-16-15(19)12-4-2-3-5-13(12)18-14/h2-9H,1H3. The van der Waals surface area contributed by atoms with Crippen molar-refractivity contribution in [2.75, 3.05) is 7.11 Å². The first kappa shape index (κ1) is 11.9. The fraction of sp³-hybridized carbons (Fsp3) is 0.0667. The molecule has 0 aliphatic rings. The number of ether oxygens (including phenoxy) is 1. The maximum Gasteiger partial charge on any atom is 0.227 e. The van der Waals surface area contributed by atoms with E-state index in [0.29, 0.717) is 10.5 Å². The third kappa shape index (κ3) is 2.22. The van der Waals surface area contributed by atoms with Crippen LogP contribution in [-0.2, 0) is 0 Å². The SMILES string of the molecule is COc1ccc(-c2nc(=S)c3ccccc3o2)cc1. The van der Waals surface area contributed by atoms with E-state index < -0.39 is 0 Å². The summed E-state index contributed by atoms with van der Waals surface area (Å²) in [6, 6.07) is 15.2. The first-order valence-electron chi connectivity index (χ1n) is 5.82. The first-order chi connectivity index (χ1) is 9.28. The summed E-state index contributed by atoms with van der Waals surface area (Å²) in [4.78, 5) is 4.33. The van der Waals surface area contributed by atoms with E-state index in [1.807, 2.05) is 48.5 Å². The van der Waals surface area contributed by atoms with Crippen LogP contribution in [0.2, 0.25) is 0 Å². The van der Waals surface area contributed by atoms with Crippen LogP contribution < -0.4 is 4.74 Å². The molecule has 1 aromatic heterocycles. The molecule has 3 rings (SSSR count). The van der Waals surface area contributed by atoms with Crippen molar-refractivity contribution in [2.24, 2.45) is 0 Å². The van der Waals surface area contributed by atoms with E-state index in [2.05, 4.69) is 4.98 Å². The Labute approximate surface area is 115 Å². The van der Waals surface area contributed by atoms with Crippen LogP contribution in [0.4, 0.5) is 0 Å². The van der Waals surface area contributed by atoms with Gasteiger partial charge >= 0.3 is 0 Å². The number of hydrogen-bond donors (Lipinski definition) is 0. The van der Waals surface area contributed by atoms with Crippen LogP contribution in [0.3, 0.4) is 0 Å². The summed E-state index contributed by atoms with van der Waals surface area (Å²) in [7, 11) is 1.63. The molecule has 1 heterocycles. The Kier molecular flexibility index (Phi) is 3.01. The molecular weight excluding hydrogens is 258 g/mol. The van der Waals surface area contributed by atoms with Gasteiger partial charge in [0.1, 0.15) is 16.0 Å². The molecular formula is C15H11NO2S. The molecule has 0 saturated heterocycles. The summed E-state index contributed by atoms with van der Waals surface area (Å²) >= 11 is 5.29. The van der Waals surface area contributed by atoms with Crippen LogP contribution in [0.5, 0.6) is 5.75 Å². The van der Waals surface area contributed by atoms with Gasteiger partial charge in [-0.05, 0) is 36.4 Å². The highest BCUT2D eigenvalue weighted by atomic mass is 32.1. The Hall–Kier alpha value is -2.20. The fourth-order valence-corrected chi connectivity index (χ4v) is 2.12. The molecule has 0 atom stereocenters. The third-order valence-electron chi connectivity index (χ3n) is 2.86. The second-order valence-corrected chi connectivity index (χ2v) is 4.44. The molecule has 0 bridgehead atoms. The molecule has 0 saturated carbocycles. The van der Waals surface area contributed by atoms with Gasteiger partial charge in [0.2, 0.25) is 5.89 Å². The predicted molar refractivity (Wildman–Crippen MR) is 76.8 cm³/mol. The number of para-hydroxylation sites is 1. The number of benzene rings is 2. The summed E-state index contributed by atoms with van der Waals surface area (Å²) < 4.78 is 11.5. The zero-order valence-corrected chi connectivity index (χ0v) is 11.1. The zero-order chi connectivity index (χ0) is 13.2. The maximum absolute atomic E-state index is 5.78. The van der Waals surface area contributed by atoms with E-state index in [0.717, 1.165) is 22.3 Å². The van der Waals surface area contributed by atoms with Gasteiger partial charge in [0.05, 0.1) is 12.5 Å². The van der Waals surface area contributed by atoms with Crippen LogP contribution in [0.1, 0.15) is 0 Å². The van der Waals surface area contributed by atoms with E-state index in [1.165, 1.54) is 0 Å². The Bertz CT molecular complexity index is 778. The van der Waals surface area contributed by atoms with Crippen molar-refractivity contribution in [2.45, 2.75) is 0 Å². The van der Waals surface area contributed by atoms with Crippen molar-refractivity contribution in [3.05, 3.63) is 53.2 Å². The lowest BCUT2D eigenvalue weighted by Gasteiger charge is -2.04. The summed E-state index contributed by atoms with van der Waals surface area (Å²) in [6.45, 7) is 0. The second kappa shape index (κ2) is 4.82. The van der Waals surface area contributed by atoms with Crippen LogP contribution in [0.25, 0.3) is 22.4 Å². The van der Waals surface area contributed by atoms with Gasteiger partial charge in [0.25, 0.3) is 0 Å². The topological polar surface area (TPSA) is 35.3 Å². The highest BCUT2D eigenvalue weighted by Crippen LogP contribution is 2.24. The Morgan fingerprint density at radius 1 is 1.05 bits per heavy atom. The van der Waals surface area contributed by atoms with E-state index in [9.17, 15) is 0 Å². The minimum atomic E-state index is 0.520. The lowest BCUT2D eigenvalue weighted by Crippen LogP contribution is -1.87. The summed E-state index contributed by atoms with van der Waals surface area (Å²) in [5.74, 6) is 1.31. The van der Waals surface area contributed by atoms with Gasteiger partial charge in [0.15, 0.2) is 0 Å². The van der Waals surface area contributed by atoms with Gasteiger partial charge in [-0.3, -0.25) is 0 Å². The highest BCUT2D eigenvalue weighted by Gasteiger charge is 2.06. The Morgan fingerprint density at radius 3 is 2.53 bits per heavy atom. The largest absolute Gasteiger partial charge is 0.497 e. The number of nitrogens with zero attached hydrogens (tertiary/aromatic N) is 1. The van der Waals surface area contributed by atoms with Crippen molar-refractivity contribution in [3.8, 4) is 17.2 Å². The third-order valence-corrected chi connectivity index (χ3v) is 3.18. The lowest BCUT2D eigenvalue weighted by molar-refractivity contribution is 0.415. The van der Waals surface area contributed by atoms with Gasteiger partial charge in [-0.15, -0.1) is 0 Å². The molecule has 0 radical (unpaired) electrons. The number of hydrogen-bond acceptors (Lipinski definition) is 4.